The Balaban J connectivity index is 2.30. The van der Waals surface area contributed by atoms with Gasteiger partial charge in [-0.05, 0) is 35.9 Å². The number of nitro groups is 1. The predicted octanol–water partition coefficient (Wildman–Crippen LogP) is 3.24. The molecule has 1 N–H and O–H groups in total. The molecule has 0 atom stereocenters. The maximum Gasteiger partial charge on any atom is 0.307 e. The highest BCUT2D eigenvalue weighted by atomic mass is 32.2. The van der Waals surface area contributed by atoms with Gasteiger partial charge in [0.25, 0.3) is 5.69 Å². The van der Waals surface area contributed by atoms with Crippen LogP contribution in [0, 0.1) is 21.4 Å². The molecule has 0 amide bonds. The highest BCUT2D eigenvalue weighted by molar-refractivity contribution is 7.99. The second-order valence-corrected chi connectivity index (χ2v) is 5.47. The van der Waals surface area contributed by atoms with Crippen LogP contribution in [0.25, 0.3) is 0 Å². The second-order valence-electron chi connectivity index (χ2n) is 4.36. The van der Waals surface area contributed by atoms with Crippen LogP contribution in [0.1, 0.15) is 11.1 Å². The van der Waals surface area contributed by atoms with Crippen molar-refractivity contribution in [2.75, 3.05) is 0 Å². The number of rotatable bonds is 5. The van der Waals surface area contributed by atoms with E-state index < -0.39 is 10.9 Å². The summed E-state index contributed by atoms with van der Waals surface area (Å²) in [6, 6.07) is 12.8. The van der Waals surface area contributed by atoms with Gasteiger partial charge in [-0.1, -0.05) is 11.8 Å². The molecule has 2 rings (SSSR count). The highest BCUT2D eigenvalue weighted by Gasteiger charge is 2.11. The van der Waals surface area contributed by atoms with E-state index in [1.807, 2.05) is 6.07 Å². The third kappa shape index (κ3) is 3.84. The molecule has 0 spiro atoms. The lowest BCUT2D eigenvalue weighted by molar-refractivity contribution is -0.384. The number of aliphatic carboxylic acids is 1. The van der Waals surface area contributed by atoms with Gasteiger partial charge in [-0.2, -0.15) is 5.26 Å². The molecule has 6 nitrogen and oxygen atoms in total. The van der Waals surface area contributed by atoms with Crippen LogP contribution in [-0.4, -0.2) is 16.0 Å². The van der Waals surface area contributed by atoms with Gasteiger partial charge in [0.05, 0.1) is 23.0 Å². The van der Waals surface area contributed by atoms with Crippen LogP contribution >= 0.6 is 11.8 Å². The van der Waals surface area contributed by atoms with E-state index >= 15 is 0 Å². The predicted molar refractivity (Wildman–Crippen MR) is 79.7 cm³/mol. The van der Waals surface area contributed by atoms with Crippen LogP contribution in [-0.2, 0) is 11.2 Å². The first-order chi connectivity index (χ1) is 10.5. The largest absolute Gasteiger partial charge is 0.481 e. The number of benzene rings is 2. The molecule has 110 valence electrons. The summed E-state index contributed by atoms with van der Waals surface area (Å²) in [5.74, 6) is -0.986. The van der Waals surface area contributed by atoms with Crippen molar-refractivity contribution in [3.8, 4) is 6.07 Å². The minimum absolute atomic E-state index is 0.00469. The van der Waals surface area contributed by atoms with Gasteiger partial charge >= 0.3 is 5.97 Å². The lowest BCUT2D eigenvalue weighted by Gasteiger charge is -2.08. The van der Waals surface area contributed by atoms with Crippen LogP contribution < -0.4 is 0 Å². The molecule has 0 bridgehead atoms. The van der Waals surface area contributed by atoms with Gasteiger partial charge in [0, 0.05) is 21.9 Å². The molecule has 0 saturated carbocycles. The third-order valence-electron chi connectivity index (χ3n) is 2.81. The maximum atomic E-state index is 10.9. The smallest absolute Gasteiger partial charge is 0.307 e. The van der Waals surface area contributed by atoms with E-state index in [1.54, 1.807) is 30.3 Å². The van der Waals surface area contributed by atoms with Crippen LogP contribution in [0.15, 0.2) is 52.3 Å². The molecule has 0 aliphatic rings. The van der Waals surface area contributed by atoms with Crippen molar-refractivity contribution < 1.29 is 14.8 Å². The number of carbonyl (C=O) groups is 1. The van der Waals surface area contributed by atoms with E-state index in [-0.39, 0.29) is 12.1 Å². The summed E-state index contributed by atoms with van der Waals surface area (Å²) in [4.78, 5) is 22.5. The van der Waals surface area contributed by atoms with Crippen LogP contribution in [0.2, 0.25) is 0 Å². The Bertz CT molecular complexity index is 766. The first-order valence-electron chi connectivity index (χ1n) is 6.16. The van der Waals surface area contributed by atoms with Crippen molar-refractivity contribution in [1.82, 2.24) is 0 Å². The van der Waals surface area contributed by atoms with Gasteiger partial charge in [-0.25, -0.2) is 0 Å². The fourth-order valence-electron chi connectivity index (χ4n) is 1.81. The fourth-order valence-corrected chi connectivity index (χ4v) is 2.74. The van der Waals surface area contributed by atoms with Gasteiger partial charge in [0.15, 0.2) is 0 Å². The highest BCUT2D eigenvalue weighted by Crippen LogP contribution is 2.32. The third-order valence-corrected chi connectivity index (χ3v) is 3.93. The van der Waals surface area contributed by atoms with Gasteiger partial charge in [0.1, 0.15) is 0 Å². The van der Waals surface area contributed by atoms with Gasteiger partial charge in [-0.3, -0.25) is 14.9 Å². The molecule has 0 aliphatic heterocycles. The summed E-state index contributed by atoms with van der Waals surface area (Å²) in [7, 11) is 0. The average Bonchev–Trinajstić information content (AvgIpc) is 2.49. The zero-order valence-electron chi connectivity index (χ0n) is 11.2. The fraction of sp³-hybridized carbons (Fsp3) is 0.0667. The van der Waals surface area contributed by atoms with E-state index in [4.69, 9.17) is 10.4 Å². The summed E-state index contributed by atoms with van der Waals surface area (Å²) < 4.78 is 0. The van der Waals surface area contributed by atoms with Crippen molar-refractivity contribution in [1.29, 1.82) is 5.26 Å². The van der Waals surface area contributed by atoms with E-state index in [0.717, 1.165) is 4.90 Å². The van der Waals surface area contributed by atoms with Gasteiger partial charge in [0.2, 0.25) is 0 Å². The SMILES string of the molecule is N#Cc1ccc(Sc2ccc([N+](=O)[O-])cc2)c(CC(=O)O)c1. The van der Waals surface area contributed by atoms with Gasteiger partial charge < -0.3 is 5.11 Å². The van der Waals surface area contributed by atoms with Crippen molar-refractivity contribution in [2.24, 2.45) is 0 Å². The van der Waals surface area contributed by atoms with Crippen molar-refractivity contribution in [3.63, 3.8) is 0 Å². The van der Waals surface area contributed by atoms with Crippen LogP contribution in [0.4, 0.5) is 5.69 Å². The molecular weight excluding hydrogens is 304 g/mol. The standard InChI is InChI=1S/C15H10N2O4S/c16-9-10-1-6-14(11(7-10)8-15(18)19)22-13-4-2-12(3-5-13)17(20)21/h1-7H,8H2,(H,18,19). The first kappa shape index (κ1) is 15.5. The zero-order chi connectivity index (χ0) is 16.1. The zero-order valence-corrected chi connectivity index (χ0v) is 12.0. The molecule has 22 heavy (non-hydrogen) atoms. The summed E-state index contributed by atoms with van der Waals surface area (Å²) in [5, 5.41) is 28.5. The molecule has 2 aromatic rings. The van der Waals surface area contributed by atoms with Crippen LogP contribution in [0.3, 0.4) is 0 Å². The van der Waals surface area contributed by atoms with Crippen LogP contribution in [0.5, 0.6) is 0 Å². The summed E-state index contributed by atoms with van der Waals surface area (Å²) >= 11 is 1.30. The monoisotopic (exact) mass is 314 g/mol. The normalized spacial score (nSPS) is 9.95. The van der Waals surface area contributed by atoms with E-state index in [0.29, 0.717) is 16.0 Å². The van der Waals surface area contributed by atoms with Crippen molar-refractivity contribution >= 4 is 23.4 Å². The Hall–Kier alpha value is -2.85. The summed E-state index contributed by atoms with van der Waals surface area (Å²) in [6.45, 7) is 0. The number of hydrogen-bond acceptors (Lipinski definition) is 5. The molecule has 0 aliphatic carbocycles. The Morgan fingerprint density at radius 1 is 1.27 bits per heavy atom. The number of carboxylic acid groups (broad SMARTS) is 1. The lowest BCUT2D eigenvalue weighted by Crippen LogP contribution is -2.02. The Morgan fingerprint density at radius 3 is 2.50 bits per heavy atom. The topological polar surface area (TPSA) is 104 Å². The Labute approximate surface area is 130 Å². The van der Waals surface area contributed by atoms with E-state index in [2.05, 4.69) is 0 Å². The number of hydrogen-bond donors (Lipinski definition) is 1. The lowest BCUT2D eigenvalue weighted by atomic mass is 10.1. The summed E-state index contributed by atoms with van der Waals surface area (Å²) in [6.07, 6.45) is -0.190. The quantitative estimate of drug-likeness (QED) is 0.671. The number of non-ortho nitro benzene ring substituents is 1. The molecule has 0 unspecified atom stereocenters. The Morgan fingerprint density at radius 2 is 1.95 bits per heavy atom. The van der Waals surface area contributed by atoms with E-state index in [1.165, 1.54) is 23.9 Å². The average molecular weight is 314 g/mol. The minimum Gasteiger partial charge on any atom is -0.481 e. The molecule has 0 saturated heterocycles. The molecule has 2 aromatic carbocycles. The maximum absolute atomic E-state index is 10.9. The van der Waals surface area contributed by atoms with Crippen molar-refractivity contribution in [3.05, 3.63) is 63.7 Å². The number of carboxylic acids is 1. The molecular formula is C15H10N2O4S. The van der Waals surface area contributed by atoms with Crippen molar-refractivity contribution in [2.45, 2.75) is 16.2 Å². The molecule has 0 fully saturated rings. The number of nitriles is 1. The first-order valence-corrected chi connectivity index (χ1v) is 6.98. The minimum atomic E-state index is -0.986. The molecule has 0 aromatic heterocycles. The molecule has 0 radical (unpaired) electrons. The second kappa shape index (κ2) is 6.74. The van der Waals surface area contributed by atoms with Gasteiger partial charge in [-0.15, -0.1) is 0 Å². The van der Waals surface area contributed by atoms with E-state index in [9.17, 15) is 14.9 Å². The molecule has 7 heteroatoms. The summed E-state index contributed by atoms with van der Waals surface area (Å²) in [5.41, 5.74) is 0.925. The Kier molecular flexibility index (Phi) is 4.76. The number of nitro benzene ring substituents is 1. The molecule has 0 heterocycles. The number of nitrogens with zero attached hydrogens (tertiary/aromatic N) is 2.